The maximum atomic E-state index is 12.6. The Hall–Kier alpha value is -2.21. The Balaban J connectivity index is 2.13. The van der Waals surface area contributed by atoms with Crippen LogP contribution in [0.2, 0.25) is 0 Å². The van der Waals surface area contributed by atoms with Crippen molar-refractivity contribution >= 4 is 27.5 Å². The Morgan fingerprint density at radius 1 is 1.35 bits per heavy atom. The molecule has 23 heavy (non-hydrogen) atoms. The minimum Gasteiger partial charge on any atom is -0.317 e. The second-order valence-electron chi connectivity index (χ2n) is 5.77. The molecule has 1 aromatic carbocycles. The van der Waals surface area contributed by atoms with Gasteiger partial charge in [0, 0.05) is 18.8 Å². The zero-order valence-electron chi connectivity index (χ0n) is 13.8. The van der Waals surface area contributed by atoms with E-state index in [1.807, 2.05) is 13.8 Å². The van der Waals surface area contributed by atoms with Gasteiger partial charge in [0.15, 0.2) is 4.80 Å². The number of carbonyl (C=O) groups excluding carboxylic acids is 1. The molecule has 6 heteroatoms. The number of aryl methyl sites for hydroxylation is 2. The highest BCUT2D eigenvalue weighted by Crippen LogP contribution is 2.19. The van der Waals surface area contributed by atoms with E-state index in [9.17, 15) is 4.79 Å². The van der Waals surface area contributed by atoms with Crippen LogP contribution in [0.25, 0.3) is 10.2 Å². The first-order valence-corrected chi connectivity index (χ1v) is 8.55. The minimum absolute atomic E-state index is 0.127. The highest BCUT2D eigenvalue weighted by molar-refractivity contribution is 7.16. The second kappa shape index (κ2) is 6.12. The van der Waals surface area contributed by atoms with Gasteiger partial charge in [-0.05, 0) is 51.5 Å². The fourth-order valence-electron chi connectivity index (χ4n) is 2.61. The van der Waals surface area contributed by atoms with Crippen molar-refractivity contribution in [2.24, 2.45) is 4.99 Å². The standard InChI is InChI=1S/C17H20N4OS/c1-5-20-13-7-6-12(4)10-15(13)23-17(20)19-16(22)14-8-9-18-21(14)11(2)3/h6-11H,5H2,1-4H3. The largest absolute Gasteiger partial charge is 0.317 e. The van der Waals surface area contributed by atoms with Crippen LogP contribution in [-0.2, 0) is 6.54 Å². The van der Waals surface area contributed by atoms with Crippen molar-refractivity contribution in [3.63, 3.8) is 0 Å². The second-order valence-corrected chi connectivity index (χ2v) is 6.78. The van der Waals surface area contributed by atoms with Gasteiger partial charge in [-0.25, -0.2) is 0 Å². The van der Waals surface area contributed by atoms with Crippen molar-refractivity contribution in [1.82, 2.24) is 14.3 Å². The molecular weight excluding hydrogens is 308 g/mol. The van der Waals surface area contributed by atoms with E-state index in [1.54, 1.807) is 28.3 Å². The van der Waals surface area contributed by atoms with E-state index in [0.717, 1.165) is 21.6 Å². The quantitative estimate of drug-likeness (QED) is 0.738. The number of carbonyl (C=O) groups is 1. The molecule has 3 aromatic rings. The van der Waals surface area contributed by atoms with E-state index in [-0.39, 0.29) is 11.9 Å². The molecule has 120 valence electrons. The van der Waals surface area contributed by atoms with Crippen molar-refractivity contribution in [1.29, 1.82) is 0 Å². The predicted molar refractivity (Wildman–Crippen MR) is 92.7 cm³/mol. The smallest absolute Gasteiger partial charge is 0.297 e. The van der Waals surface area contributed by atoms with Gasteiger partial charge in [0.1, 0.15) is 5.69 Å². The van der Waals surface area contributed by atoms with Crippen LogP contribution in [0, 0.1) is 6.92 Å². The molecule has 0 N–H and O–H groups in total. The number of amides is 1. The monoisotopic (exact) mass is 328 g/mol. The number of nitrogens with zero attached hydrogens (tertiary/aromatic N) is 4. The average molecular weight is 328 g/mol. The lowest BCUT2D eigenvalue weighted by atomic mass is 10.2. The molecule has 3 rings (SSSR count). The van der Waals surface area contributed by atoms with Gasteiger partial charge in [0.05, 0.1) is 10.2 Å². The molecule has 0 radical (unpaired) electrons. The van der Waals surface area contributed by atoms with Crippen molar-refractivity contribution < 1.29 is 4.79 Å². The molecule has 0 fully saturated rings. The van der Waals surface area contributed by atoms with E-state index >= 15 is 0 Å². The summed E-state index contributed by atoms with van der Waals surface area (Å²) in [5, 5.41) is 4.21. The van der Waals surface area contributed by atoms with E-state index in [1.165, 1.54) is 5.56 Å². The maximum Gasteiger partial charge on any atom is 0.297 e. The van der Waals surface area contributed by atoms with E-state index in [0.29, 0.717) is 5.69 Å². The number of hydrogen-bond donors (Lipinski definition) is 0. The number of rotatable bonds is 3. The van der Waals surface area contributed by atoms with Gasteiger partial charge in [0.2, 0.25) is 0 Å². The van der Waals surface area contributed by atoms with Crippen LogP contribution in [0.5, 0.6) is 0 Å². The Morgan fingerprint density at radius 3 is 2.83 bits per heavy atom. The van der Waals surface area contributed by atoms with Crippen LogP contribution in [0.4, 0.5) is 0 Å². The molecule has 0 saturated carbocycles. The molecule has 0 bridgehead atoms. The third-order valence-electron chi connectivity index (χ3n) is 3.73. The topological polar surface area (TPSA) is 52.2 Å². The first-order chi connectivity index (χ1) is 11.0. The van der Waals surface area contributed by atoms with Gasteiger partial charge in [-0.15, -0.1) is 0 Å². The number of aromatic nitrogens is 3. The van der Waals surface area contributed by atoms with Crippen LogP contribution in [0.1, 0.15) is 42.9 Å². The van der Waals surface area contributed by atoms with Crippen molar-refractivity contribution in [3.05, 3.63) is 46.5 Å². The third kappa shape index (κ3) is 2.86. The predicted octanol–water partition coefficient (Wildman–Crippen LogP) is 3.55. The van der Waals surface area contributed by atoms with Gasteiger partial charge >= 0.3 is 0 Å². The van der Waals surface area contributed by atoms with Crippen molar-refractivity contribution in [3.8, 4) is 0 Å². The first kappa shape index (κ1) is 15.7. The summed E-state index contributed by atoms with van der Waals surface area (Å²) in [7, 11) is 0. The van der Waals surface area contributed by atoms with Crippen LogP contribution in [0.3, 0.4) is 0 Å². The summed E-state index contributed by atoms with van der Waals surface area (Å²) in [6.45, 7) is 8.90. The number of thiazole rings is 1. The number of fused-ring (bicyclic) bond motifs is 1. The minimum atomic E-state index is -0.248. The number of benzene rings is 1. The molecule has 1 amide bonds. The summed E-state index contributed by atoms with van der Waals surface area (Å²) in [5.74, 6) is -0.248. The van der Waals surface area contributed by atoms with Gasteiger partial charge in [-0.2, -0.15) is 10.1 Å². The van der Waals surface area contributed by atoms with E-state index in [2.05, 4.69) is 46.7 Å². The van der Waals surface area contributed by atoms with Crippen LogP contribution in [-0.4, -0.2) is 20.3 Å². The van der Waals surface area contributed by atoms with Gasteiger partial charge in [0.25, 0.3) is 5.91 Å². The van der Waals surface area contributed by atoms with Crippen molar-refractivity contribution in [2.75, 3.05) is 0 Å². The number of hydrogen-bond acceptors (Lipinski definition) is 3. The van der Waals surface area contributed by atoms with E-state index < -0.39 is 0 Å². The summed E-state index contributed by atoms with van der Waals surface area (Å²) in [6.07, 6.45) is 1.64. The van der Waals surface area contributed by atoms with Crippen LogP contribution in [0.15, 0.2) is 35.5 Å². The summed E-state index contributed by atoms with van der Waals surface area (Å²) in [6, 6.07) is 8.16. The third-order valence-corrected chi connectivity index (χ3v) is 4.77. The molecule has 2 heterocycles. The summed E-state index contributed by atoms with van der Waals surface area (Å²) in [5.41, 5.74) is 2.85. The highest BCUT2D eigenvalue weighted by Gasteiger charge is 2.14. The van der Waals surface area contributed by atoms with Crippen LogP contribution < -0.4 is 4.80 Å². The lowest BCUT2D eigenvalue weighted by molar-refractivity contribution is 0.0986. The summed E-state index contributed by atoms with van der Waals surface area (Å²) < 4.78 is 4.93. The molecule has 0 aliphatic heterocycles. The lowest BCUT2D eigenvalue weighted by Crippen LogP contribution is -2.18. The maximum absolute atomic E-state index is 12.6. The zero-order valence-corrected chi connectivity index (χ0v) is 14.6. The average Bonchev–Trinajstić information content (AvgIpc) is 3.10. The fourth-order valence-corrected chi connectivity index (χ4v) is 3.80. The molecule has 0 unspecified atom stereocenters. The lowest BCUT2D eigenvalue weighted by Gasteiger charge is -2.07. The molecule has 5 nitrogen and oxygen atoms in total. The molecule has 0 aliphatic carbocycles. The summed E-state index contributed by atoms with van der Waals surface area (Å²) >= 11 is 1.55. The molecule has 0 aliphatic rings. The van der Waals surface area contributed by atoms with Gasteiger partial charge < -0.3 is 4.57 Å². The zero-order chi connectivity index (χ0) is 16.6. The van der Waals surface area contributed by atoms with Gasteiger partial charge in [-0.3, -0.25) is 9.48 Å². The Morgan fingerprint density at radius 2 is 2.13 bits per heavy atom. The molecular formula is C17H20N4OS. The highest BCUT2D eigenvalue weighted by atomic mass is 32.1. The first-order valence-electron chi connectivity index (χ1n) is 7.73. The normalized spacial score (nSPS) is 12.5. The van der Waals surface area contributed by atoms with Crippen LogP contribution >= 0.6 is 11.3 Å². The SMILES string of the molecule is CCn1c(=NC(=O)c2ccnn2C(C)C)sc2cc(C)ccc21. The Bertz CT molecular complexity index is 930. The molecule has 0 spiro atoms. The van der Waals surface area contributed by atoms with Gasteiger partial charge in [-0.1, -0.05) is 17.4 Å². The molecule has 2 aromatic heterocycles. The molecule has 0 saturated heterocycles. The van der Waals surface area contributed by atoms with Crippen molar-refractivity contribution in [2.45, 2.75) is 40.3 Å². The molecule has 0 atom stereocenters. The van der Waals surface area contributed by atoms with E-state index in [4.69, 9.17) is 0 Å². The summed E-state index contributed by atoms with van der Waals surface area (Å²) in [4.78, 5) is 17.7. The Labute approximate surface area is 138 Å². The Kier molecular flexibility index (Phi) is 4.17. The fraction of sp³-hybridized carbons (Fsp3) is 0.353.